The molecule has 7 aromatic rings. The Hall–Kier alpha value is -6.18. The topological polar surface area (TPSA) is 62.5 Å². The number of nitriles is 1. The fourth-order valence-corrected chi connectivity index (χ4v) is 10.1. The minimum absolute atomic E-state index is 0.340. The van der Waals surface area contributed by atoms with Gasteiger partial charge in [-0.3, -0.25) is 0 Å². The lowest BCUT2D eigenvalue weighted by Crippen LogP contribution is -2.48. The number of rotatable bonds is 7. The molecule has 0 spiro atoms. The molecule has 0 atom stereocenters. The fraction of sp³-hybridized carbons (Fsp3) is 0.200. The van der Waals surface area contributed by atoms with E-state index in [9.17, 15) is 5.26 Å². The molecule has 4 aliphatic rings. The van der Waals surface area contributed by atoms with E-state index in [0.29, 0.717) is 28.5 Å². The molecule has 4 fully saturated rings. The Balaban J connectivity index is 1.10. The Morgan fingerprint density at radius 2 is 0.815 bits per heavy atom. The van der Waals surface area contributed by atoms with Crippen LogP contribution in [0.1, 0.15) is 49.7 Å². The molecule has 54 heavy (non-hydrogen) atoms. The molecular formula is C50H40N4. The van der Waals surface area contributed by atoms with Gasteiger partial charge in [-0.1, -0.05) is 115 Å². The van der Waals surface area contributed by atoms with Crippen molar-refractivity contribution < 1.29 is 0 Å². The zero-order valence-electron chi connectivity index (χ0n) is 30.2. The molecule has 0 unspecified atom stereocenters. The van der Waals surface area contributed by atoms with Crippen molar-refractivity contribution in [2.75, 3.05) is 0 Å². The third-order valence-corrected chi connectivity index (χ3v) is 12.3. The molecule has 0 aliphatic heterocycles. The van der Waals surface area contributed by atoms with E-state index in [2.05, 4.69) is 109 Å². The van der Waals surface area contributed by atoms with Gasteiger partial charge in [-0.15, -0.1) is 0 Å². The molecule has 4 nitrogen and oxygen atoms in total. The number of hydrogen-bond donors (Lipinski definition) is 0. The van der Waals surface area contributed by atoms with Gasteiger partial charge >= 0.3 is 0 Å². The molecule has 4 saturated carbocycles. The third kappa shape index (κ3) is 6.10. The highest BCUT2D eigenvalue weighted by molar-refractivity contribution is 5.82. The smallest absolute Gasteiger partial charge is 0.164 e. The Kier molecular flexibility index (Phi) is 8.02. The first-order valence-corrected chi connectivity index (χ1v) is 19.3. The van der Waals surface area contributed by atoms with Crippen molar-refractivity contribution in [3.8, 4) is 73.6 Å². The van der Waals surface area contributed by atoms with E-state index in [-0.39, 0.29) is 0 Å². The van der Waals surface area contributed by atoms with Crippen molar-refractivity contribution in [1.29, 1.82) is 5.26 Å². The van der Waals surface area contributed by atoms with Crippen molar-refractivity contribution in [2.45, 2.75) is 43.9 Å². The van der Waals surface area contributed by atoms with E-state index in [4.69, 9.17) is 15.0 Å². The second kappa shape index (κ2) is 13.3. The molecule has 6 aromatic carbocycles. The predicted octanol–water partition coefficient (Wildman–Crippen LogP) is 12.2. The van der Waals surface area contributed by atoms with Crippen molar-refractivity contribution >= 4 is 0 Å². The van der Waals surface area contributed by atoms with Gasteiger partial charge in [0.2, 0.25) is 0 Å². The van der Waals surface area contributed by atoms with E-state index in [1.165, 1.54) is 49.7 Å². The van der Waals surface area contributed by atoms with Crippen LogP contribution in [0.4, 0.5) is 0 Å². The maximum absolute atomic E-state index is 9.50. The summed E-state index contributed by atoms with van der Waals surface area (Å²) in [5.74, 6) is 4.66. The molecule has 1 aromatic heterocycles. The largest absolute Gasteiger partial charge is 0.208 e. The van der Waals surface area contributed by atoms with Crippen LogP contribution in [-0.4, -0.2) is 15.0 Å². The summed E-state index contributed by atoms with van der Waals surface area (Å²) in [5, 5.41) is 9.50. The molecule has 4 bridgehead atoms. The summed E-state index contributed by atoms with van der Waals surface area (Å²) in [6.07, 6.45) is 8.37. The lowest BCUT2D eigenvalue weighted by molar-refractivity contribution is -0.00518. The van der Waals surface area contributed by atoms with Gasteiger partial charge in [0, 0.05) is 16.7 Å². The molecule has 1 heterocycles. The monoisotopic (exact) mass is 696 g/mol. The summed E-state index contributed by atoms with van der Waals surface area (Å²) in [6.45, 7) is 0. The van der Waals surface area contributed by atoms with Gasteiger partial charge in [0.15, 0.2) is 17.5 Å². The normalized spacial score (nSPS) is 21.1. The maximum Gasteiger partial charge on any atom is 0.164 e. The van der Waals surface area contributed by atoms with Crippen molar-refractivity contribution in [2.24, 2.45) is 17.8 Å². The van der Waals surface area contributed by atoms with Crippen LogP contribution in [0.5, 0.6) is 0 Å². The lowest BCUT2D eigenvalue weighted by Gasteiger charge is -2.57. The molecular weight excluding hydrogens is 657 g/mol. The summed E-state index contributed by atoms with van der Waals surface area (Å²) < 4.78 is 0. The number of nitrogens with zero attached hydrogens (tertiary/aromatic N) is 4. The lowest BCUT2D eigenvalue weighted by atomic mass is 9.48. The second-order valence-electron chi connectivity index (χ2n) is 15.9. The minimum atomic E-state index is 0.340. The summed E-state index contributed by atoms with van der Waals surface area (Å²) >= 11 is 0. The Labute approximate surface area is 317 Å². The molecule has 260 valence electrons. The zero-order chi connectivity index (χ0) is 36.1. The van der Waals surface area contributed by atoms with E-state index in [0.717, 1.165) is 62.3 Å². The number of aromatic nitrogens is 3. The molecule has 0 amide bonds. The summed E-state index contributed by atoms with van der Waals surface area (Å²) in [4.78, 5) is 15.5. The number of hydrogen-bond acceptors (Lipinski definition) is 4. The van der Waals surface area contributed by atoms with Gasteiger partial charge in [-0.25, -0.2) is 15.0 Å². The van der Waals surface area contributed by atoms with Crippen LogP contribution in [0, 0.1) is 29.1 Å². The first-order chi connectivity index (χ1) is 26.6. The van der Waals surface area contributed by atoms with Crippen molar-refractivity contribution in [3.63, 3.8) is 0 Å². The van der Waals surface area contributed by atoms with Crippen LogP contribution in [0.15, 0.2) is 152 Å². The zero-order valence-corrected chi connectivity index (χ0v) is 30.2. The summed E-state index contributed by atoms with van der Waals surface area (Å²) in [6, 6.07) is 55.2. The minimum Gasteiger partial charge on any atom is -0.208 e. The van der Waals surface area contributed by atoms with Crippen molar-refractivity contribution in [1.82, 2.24) is 15.0 Å². The van der Waals surface area contributed by atoms with E-state index in [1.54, 1.807) is 0 Å². The predicted molar refractivity (Wildman–Crippen MR) is 217 cm³/mol. The molecule has 0 N–H and O–H groups in total. The quantitative estimate of drug-likeness (QED) is 0.166. The average Bonchev–Trinajstić information content (AvgIpc) is 3.23. The van der Waals surface area contributed by atoms with Crippen LogP contribution >= 0.6 is 0 Å². The molecule has 4 aliphatic carbocycles. The van der Waals surface area contributed by atoms with E-state index < -0.39 is 0 Å². The summed E-state index contributed by atoms with van der Waals surface area (Å²) in [7, 11) is 0. The van der Waals surface area contributed by atoms with Gasteiger partial charge in [-0.05, 0) is 137 Å². The highest BCUT2D eigenvalue weighted by Gasteiger charge is 2.51. The van der Waals surface area contributed by atoms with Crippen LogP contribution in [0.2, 0.25) is 0 Å². The maximum atomic E-state index is 9.50. The highest BCUT2D eigenvalue weighted by Crippen LogP contribution is 2.60. The Bertz CT molecular complexity index is 2480. The average molecular weight is 697 g/mol. The molecule has 0 saturated heterocycles. The van der Waals surface area contributed by atoms with Gasteiger partial charge in [0.05, 0.1) is 11.6 Å². The van der Waals surface area contributed by atoms with Gasteiger partial charge in [0.1, 0.15) is 0 Å². The first-order valence-electron chi connectivity index (χ1n) is 19.3. The Morgan fingerprint density at radius 3 is 1.39 bits per heavy atom. The van der Waals surface area contributed by atoms with Gasteiger partial charge in [-0.2, -0.15) is 5.26 Å². The van der Waals surface area contributed by atoms with E-state index in [1.807, 2.05) is 48.5 Å². The molecule has 0 radical (unpaired) electrons. The highest BCUT2D eigenvalue weighted by atomic mass is 15.0. The Morgan fingerprint density at radius 1 is 0.407 bits per heavy atom. The molecule has 11 rings (SSSR count). The SMILES string of the molecule is N#Cc1ccc(-c2cc(-c3cccc(-c4ccccc4)c3)cc(-c3nc(-c4ccccc4)nc(-c4ccc(C56C[C@H]7C[C@@H](C5)C[C@@H](C6)C7)cc4)n3)c2)cc1. The van der Waals surface area contributed by atoms with Crippen LogP contribution < -0.4 is 0 Å². The first kappa shape index (κ1) is 32.5. The van der Waals surface area contributed by atoms with E-state index >= 15 is 0 Å². The summed E-state index contributed by atoms with van der Waals surface area (Å²) in [5.41, 5.74) is 11.9. The van der Waals surface area contributed by atoms with Crippen LogP contribution in [0.25, 0.3) is 67.5 Å². The number of benzene rings is 6. The standard InChI is InChI=1S/C50H40N4/c51-32-33-14-16-38(17-15-33)43-26-44(42-13-7-12-41(25-42)37-8-3-1-4-9-37)28-45(27-43)49-53-47(39-10-5-2-6-11-39)52-48(54-49)40-18-20-46(21-19-40)50-29-34-22-35(30-50)24-36(23-34)31-50/h1-21,25-28,34-36H,22-24,29-31H2/t34-,35+,36-,50?. The second-order valence-corrected chi connectivity index (χ2v) is 15.9. The van der Waals surface area contributed by atoms with Crippen LogP contribution in [-0.2, 0) is 5.41 Å². The molecule has 4 heteroatoms. The van der Waals surface area contributed by atoms with Gasteiger partial charge < -0.3 is 0 Å². The fourth-order valence-electron chi connectivity index (χ4n) is 10.1. The van der Waals surface area contributed by atoms with Crippen LogP contribution in [0.3, 0.4) is 0 Å². The van der Waals surface area contributed by atoms with Crippen molar-refractivity contribution in [3.05, 3.63) is 163 Å². The van der Waals surface area contributed by atoms with Gasteiger partial charge in [0.25, 0.3) is 0 Å². The third-order valence-electron chi connectivity index (χ3n) is 12.3.